The van der Waals surface area contributed by atoms with Crippen molar-refractivity contribution >= 4 is 60.7 Å². The molecule has 1 aliphatic heterocycles. The van der Waals surface area contributed by atoms with Crippen molar-refractivity contribution in [1.29, 1.82) is 0 Å². The highest BCUT2D eigenvalue weighted by molar-refractivity contribution is 6.19. The zero-order valence-electron chi connectivity index (χ0n) is 18.4. The molecular formula is C28H21N3O3. The molecule has 7 rings (SSSR count). The third kappa shape index (κ3) is 2.53. The van der Waals surface area contributed by atoms with E-state index in [4.69, 9.17) is 4.98 Å². The van der Waals surface area contributed by atoms with Gasteiger partial charge in [0, 0.05) is 45.7 Å². The average molecular weight is 447 g/mol. The first-order valence-electron chi connectivity index (χ1n) is 11.6. The monoisotopic (exact) mass is 447 g/mol. The van der Waals surface area contributed by atoms with Crippen LogP contribution in [0.15, 0.2) is 71.5 Å². The van der Waals surface area contributed by atoms with Gasteiger partial charge in [-0.2, -0.15) is 0 Å². The van der Waals surface area contributed by atoms with Crippen molar-refractivity contribution in [3.05, 3.63) is 77.1 Å². The molecule has 0 bridgehead atoms. The number of aromatic nitrogens is 2. The first-order chi connectivity index (χ1) is 16.6. The molecule has 0 unspecified atom stereocenters. The maximum Gasteiger partial charge on any atom is 0.306 e. The Bertz CT molecular complexity index is 1830. The molecule has 6 nitrogen and oxygen atoms in total. The van der Waals surface area contributed by atoms with Crippen LogP contribution in [0.3, 0.4) is 0 Å². The maximum atomic E-state index is 13.9. The first kappa shape index (κ1) is 19.3. The summed E-state index contributed by atoms with van der Waals surface area (Å²) in [6.07, 6.45) is 1.25. The highest BCUT2D eigenvalue weighted by Crippen LogP contribution is 2.37. The third-order valence-electron chi connectivity index (χ3n) is 7.42. The van der Waals surface area contributed by atoms with E-state index in [2.05, 4.69) is 23.1 Å². The number of rotatable bonds is 2. The summed E-state index contributed by atoms with van der Waals surface area (Å²) in [5.74, 6) is -1.00. The number of benzene rings is 4. The van der Waals surface area contributed by atoms with Crippen LogP contribution >= 0.6 is 0 Å². The van der Waals surface area contributed by atoms with E-state index < -0.39 is 5.97 Å². The topological polar surface area (TPSA) is 74.9 Å². The van der Waals surface area contributed by atoms with E-state index in [0.717, 1.165) is 43.7 Å². The molecule has 0 radical (unpaired) electrons. The van der Waals surface area contributed by atoms with Crippen LogP contribution in [-0.2, 0) is 4.79 Å². The number of piperidine rings is 1. The van der Waals surface area contributed by atoms with E-state index in [1.807, 2.05) is 48.5 Å². The van der Waals surface area contributed by atoms with Gasteiger partial charge in [0.25, 0.3) is 5.56 Å². The van der Waals surface area contributed by atoms with E-state index in [0.29, 0.717) is 37.0 Å². The predicted octanol–water partition coefficient (Wildman–Crippen LogP) is 5.05. The minimum Gasteiger partial charge on any atom is -0.481 e. The molecule has 3 heterocycles. The van der Waals surface area contributed by atoms with Crippen molar-refractivity contribution in [2.24, 2.45) is 5.92 Å². The number of fused-ring (bicyclic) bond motifs is 3. The summed E-state index contributed by atoms with van der Waals surface area (Å²) in [7, 11) is 0. The molecule has 6 heteroatoms. The summed E-state index contributed by atoms with van der Waals surface area (Å²) >= 11 is 0. The van der Waals surface area contributed by atoms with Crippen molar-refractivity contribution < 1.29 is 9.90 Å². The number of hydrogen-bond donors (Lipinski definition) is 1. The molecular weight excluding hydrogens is 426 g/mol. The zero-order valence-corrected chi connectivity index (χ0v) is 18.4. The van der Waals surface area contributed by atoms with Gasteiger partial charge in [0.2, 0.25) is 0 Å². The fraction of sp³-hybridized carbons (Fsp3) is 0.179. The SMILES string of the molecule is O=C(O)C1CCN(c2ccc3c4c2cccc4c(=O)n2c4cccc5cccc(nc32)c54)CC1. The van der Waals surface area contributed by atoms with Gasteiger partial charge in [-0.3, -0.25) is 14.0 Å². The molecule has 0 atom stereocenters. The van der Waals surface area contributed by atoms with Crippen LogP contribution in [-0.4, -0.2) is 33.6 Å². The van der Waals surface area contributed by atoms with Gasteiger partial charge >= 0.3 is 5.97 Å². The van der Waals surface area contributed by atoms with Crippen molar-refractivity contribution in [3.63, 3.8) is 0 Å². The van der Waals surface area contributed by atoms with Gasteiger partial charge in [0.15, 0.2) is 0 Å². The Morgan fingerprint density at radius 1 is 0.853 bits per heavy atom. The van der Waals surface area contributed by atoms with Crippen LogP contribution in [0.4, 0.5) is 5.69 Å². The lowest BCUT2D eigenvalue weighted by atomic mass is 9.95. The van der Waals surface area contributed by atoms with Gasteiger partial charge in [-0.05, 0) is 48.6 Å². The van der Waals surface area contributed by atoms with Gasteiger partial charge in [-0.15, -0.1) is 0 Å². The molecule has 1 saturated heterocycles. The van der Waals surface area contributed by atoms with Crippen LogP contribution in [0.25, 0.3) is 49.0 Å². The Labute approximate surface area is 194 Å². The molecule has 1 N–H and O–H groups in total. The molecule has 166 valence electrons. The molecule has 1 fully saturated rings. The van der Waals surface area contributed by atoms with E-state index in [1.54, 1.807) is 4.40 Å². The van der Waals surface area contributed by atoms with Gasteiger partial charge in [-0.25, -0.2) is 4.98 Å². The number of carboxylic acid groups (broad SMARTS) is 1. The predicted molar refractivity (Wildman–Crippen MR) is 135 cm³/mol. The second-order valence-corrected chi connectivity index (χ2v) is 9.19. The van der Waals surface area contributed by atoms with E-state index in [1.165, 1.54) is 0 Å². The van der Waals surface area contributed by atoms with Crippen molar-refractivity contribution in [3.8, 4) is 0 Å². The van der Waals surface area contributed by atoms with Crippen LogP contribution in [0.1, 0.15) is 12.8 Å². The Morgan fingerprint density at radius 3 is 2.38 bits per heavy atom. The number of pyridine rings is 1. The van der Waals surface area contributed by atoms with Gasteiger partial charge in [0.1, 0.15) is 5.65 Å². The van der Waals surface area contributed by atoms with Crippen molar-refractivity contribution in [2.45, 2.75) is 12.8 Å². The lowest BCUT2D eigenvalue weighted by molar-refractivity contribution is -0.142. The summed E-state index contributed by atoms with van der Waals surface area (Å²) in [6, 6.07) is 22.1. The molecule has 0 aliphatic carbocycles. The quantitative estimate of drug-likeness (QED) is 0.297. The smallest absolute Gasteiger partial charge is 0.306 e. The molecule has 2 aromatic heterocycles. The Hall–Kier alpha value is -4.19. The van der Waals surface area contributed by atoms with E-state index in [9.17, 15) is 14.7 Å². The molecule has 34 heavy (non-hydrogen) atoms. The largest absolute Gasteiger partial charge is 0.481 e. The zero-order chi connectivity index (χ0) is 23.0. The van der Waals surface area contributed by atoms with Crippen LogP contribution in [0, 0.1) is 5.92 Å². The molecule has 0 amide bonds. The normalized spacial score (nSPS) is 15.4. The summed E-state index contributed by atoms with van der Waals surface area (Å²) in [5, 5.41) is 15.0. The summed E-state index contributed by atoms with van der Waals surface area (Å²) in [6.45, 7) is 1.37. The average Bonchev–Trinajstić information content (AvgIpc) is 2.87. The second-order valence-electron chi connectivity index (χ2n) is 9.19. The number of aliphatic carboxylic acids is 1. The van der Waals surface area contributed by atoms with Crippen LogP contribution in [0.2, 0.25) is 0 Å². The van der Waals surface area contributed by atoms with Crippen molar-refractivity contribution in [1.82, 2.24) is 9.38 Å². The number of hydrogen-bond acceptors (Lipinski definition) is 4. The van der Waals surface area contributed by atoms with Crippen LogP contribution in [0.5, 0.6) is 0 Å². The van der Waals surface area contributed by atoms with Gasteiger partial charge in [-0.1, -0.05) is 36.4 Å². The summed E-state index contributed by atoms with van der Waals surface area (Å²) in [5.41, 5.74) is 3.38. The third-order valence-corrected chi connectivity index (χ3v) is 7.42. The highest BCUT2D eigenvalue weighted by Gasteiger charge is 2.26. The lowest BCUT2D eigenvalue weighted by Crippen LogP contribution is -2.36. The molecule has 0 spiro atoms. The van der Waals surface area contributed by atoms with Gasteiger partial charge in [0.05, 0.1) is 17.0 Å². The Kier molecular flexibility index (Phi) is 3.92. The van der Waals surface area contributed by atoms with E-state index in [-0.39, 0.29) is 11.5 Å². The fourth-order valence-corrected chi connectivity index (χ4v) is 5.77. The maximum absolute atomic E-state index is 13.9. The molecule has 1 aliphatic rings. The fourth-order valence-electron chi connectivity index (χ4n) is 5.77. The highest BCUT2D eigenvalue weighted by atomic mass is 16.4. The van der Waals surface area contributed by atoms with Crippen LogP contribution < -0.4 is 10.5 Å². The number of carboxylic acids is 1. The second kappa shape index (κ2) is 6.90. The van der Waals surface area contributed by atoms with Crippen molar-refractivity contribution in [2.75, 3.05) is 18.0 Å². The van der Waals surface area contributed by atoms with E-state index >= 15 is 0 Å². The molecule has 6 aromatic rings. The summed E-state index contributed by atoms with van der Waals surface area (Å²) in [4.78, 5) is 32.5. The lowest BCUT2D eigenvalue weighted by Gasteiger charge is -2.33. The Morgan fingerprint density at radius 2 is 1.59 bits per heavy atom. The number of anilines is 1. The standard InChI is InChI=1S/C28H21N3O3/c32-27-20-7-3-6-18-22(30-14-12-17(13-15-30)28(33)34)11-10-19(25(18)20)26-29-21-8-1-4-16-5-2-9-23(24(16)21)31(26)27/h1-11,17H,12-15H2,(H,33,34). The first-order valence-corrected chi connectivity index (χ1v) is 11.6. The number of nitrogens with zero attached hydrogens (tertiary/aromatic N) is 3. The van der Waals surface area contributed by atoms with Gasteiger partial charge < -0.3 is 10.0 Å². The summed E-state index contributed by atoms with van der Waals surface area (Å²) < 4.78 is 1.75. The molecule has 4 aromatic carbocycles. The minimum absolute atomic E-state index is 0.0689. The number of carbonyl (C=O) groups is 1. The minimum atomic E-state index is -0.715. The molecule has 0 saturated carbocycles. The Balaban J connectivity index is 1.55.